The van der Waals surface area contributed by atoms with E-state index in [0.717, 1.165) is 0 Å². The number of aliphatic imine (C=N–C) groups is 1. The van der Waals surface area contributed by atoms with E-state index in [0.29, 0.717) is 17.1 Å². The summed E-state index contributed by atoms with van der Waals surface area (Å²) in [6.07, 6.45) is 0. The Morgan fingerprint density at radius 1 is 1.41 bits per heavy atom. The van der Waals surface area contributed by atoms with Crippen LogP contribution in [-0.2, 0) is 6.54 Å². The van der Waals surface area contributed by atoms with Gasteiger partial charge in [0.15, 0.2) is 5.96 Å². The van der Waals surface area contributed by atoms with Gasteiger partial charge in [-0.15, -0.1) is 0 Å². The Kier molecular flexibility index (Phi) is 4.88. The zero-order valence-corrected chi connectivity index (χ0v) is 11.9. The number of hydrogen-bond donors (Lipinski definition) is 2. The standard InChI is InChI=1S/C15H14FN5O/c1-22-13-6-3-5-12(16)11(13)9-19-15(18)21-14-7-2-4-10(8-17)20-14/h2-7H,9H2,1H3,(H3,18,19,20,21). The summed E-state index contributed by atoms with van der Waals surface area (Å²) in [5.41, 5.74) is 6.31. The SMILES string of the molecule is COc1cccc(F)c1CN=C(N)Nc1cccc(C#N)n1. The first-order valence-electron chi connectivity index (χ1n) is 6.39. The van der Waals surface area contributed by atoms with Gasteiger partial charge in [-0.3, -0.25) is 0 Å². The highest BCUT2D eigenvalue weighted by Crippen LogP contribution is 2.21. The fourth-order valence-electron chi connectivity index (χ4n) is 1.79. The van der Waals surface area contributed by atoms with E-state index < -0.39 is 5.82 Å². The van der Waals surface area contributed by atoms with Crippen LogP contribution in [0.15, 0.2) is 41.4 Å². The van der Waals surface area contributed by atoms with Crippen molar-refractivity contribution in [2.45, 2.75) is 6.54 Å². The summed E-state index contributed by atoms with van der Waals surface area (Å²) in [5, 5.41) is 11.5. The van der Waals surface area contributed by atoms with Crippen molar-refractivity contribution in [3.8, 4) is 11.8 Å². The van der Waals surface area contributed by atoms with E-state index in [1.54, 1.807) is 30.3 Å². The molecule has 1 aromatic carbocycles. The maximum absolute atomic E-state index is 13.8. The molecule has 2 aromatic rings. The molecular formula is C15H14FN5O. The number of rotatable bonds is 4. The third-order valence-electron chi connectivity index (χ3n) is 2.82. The quantitative estimate of drug-likeness (QED) is 0.665. The van der Waals surface area contributed by atoms with Crippen molar-refractivity contribution in [3.63, 3.8) is 0 Å². The van der Waals surface area contributed by atoms with Crippen LogP contribution in [0.5, 0.6) is 5.75 Å². The molecule has 1 aromatic heterocycles. The molecule has 112 valence electrons. The predicted molar refractivity (Wildman–Crippen MR) is 80.9 cm³/mol. The van der Waals surface area contributed by atoms with Crippen LogP contribution in [0.1, 0.15) is 11.3 Å². The number of nitrogens with zero attached hydrogens (tertiary/aromatic N) is 3. The highest BCUT2D eigenvalue weighted by Gasteiger charge is 2.08. The Labute approximate surface area is 127 Å². The van der Waals surface area contributed by atoms with Crippen LogP contribution in [0.2, 0.25) is 0 Å². The van der Waals surface area contributed by atoms with Gasteiger partial charge >= 0.3 is 0 Å². The first-order valence-corrected chi connectivity index (χ1v) is 6.39. The van der Waals surface area contributed by atoms with Gasteiger partial charge in [-0.05, 0) is 24.3 Å². The van der Waals surface area contributed by atoms with Gasteiger partial charge in [-0.2, -0.15) is 5.26 Å². The predicted octanol–water partition coefficient (Wildman–Crippen LogP) is 2.03. The van der Waals surface area contributed by atoms with Crippen molar-refractivity contribution < 1.29 is 9.13 Å². The molecule has 0 aliphatic carbocycles. The minimum absolute atomic E-state index is 0.0205. The number of nitrogens with two attached hydrogens (primary N) is 1. The normalized spacial score (nSPS) is 10.9. The second-order valence-corrected chi connectivity index (χ2v) is 4.27. The number of methoxy groups -OCH3 is 1. The lowest BCUT2D eigenvalue weighted by Gasteiger charge is -2.08. The summed E-state index contributed by atoms with van der Waals surface area (Å²) in [6, 6.07) is 11.3. The molecule has 6 nitrogen and oxygen atoms in total. The molecule has 0 aliphatic rings. The molecule has 0 saturated heterocycles. The van der Waals surface area contributed by atoms with Gasteiger partial charge in [0, 0.05) is 0 Å². The van der Waals surface area contributed by atoms with Gasteiger partial charge in [0.2, 0.25) is 0 Å². The fraction of sp³-hybridized carbons (Fsp3) is 0.133. The highest BCUT2D eigenvalue weighted by atomic mass is 19.1. The van der Waals surface area contributed by atoms with Gasteiger partial charge in [0.1, 0.15) is 29.1 Å². The Bertz CT molecular complexity index is 739. The number of nitrogens with one attached hydrogen (secondary N) is 1. The van der Waals surface area contributed by atoms with E-state index in [-0.39, 0.29) is 18.2 Å². The van der Waals surface area contributed by atoms with Crippen LogP contribution in [0.4, 0.5) is 10.2 Å². The largest absolute Gasteiger partial charge is 0.496 e. The van der Waals surface area contributed by atoms with Gasteiger partial charge in [-0.25, -0.2) is 14.4 Å². The lowest BCUT2D eigenvalue weighted by molar-refractivity contribution is 0.405. The van der Waals surface area contributed by atoms with E-state index in [4.69, 9.17) is 15.7 Å². The van der Waals surface area contributed by atoms with Crippen molar-refractivity contribution >= 4 is 11.8 Å². The molecule has 22 heavy (non-hydrogen) atoms. The van der Waals surface area contributed by atoms with Gasteiger partial charge in [0.05, 0.1) is 19.2 Å². The number of anilines is 1. The van der Waals surface area contributed by atoms with E-state index in [1.807, 2.05) is 6.07 Å². The number of pyridine rings is 1. The monoisotopic (exact) mass is 299 g/mol. The van der Waals surface area contributed by atoms with Crippen LogP contribution >= 0.6 is 0 Å². The second-order valence-electron chi connectivity index (χ2n) is 4.27. The first kappa shape index (κ1) is 15.3. The maximum Gasteiger partial charge on any atom is 0.194 e. The van der Waals surface area contributed by atoms with Crippen LogP contribution < -0.4 is 15.8 Å². The van der Waals surface area contributed by atoms with Gasteiger partial charge < -0.3 is 15.8 Å². The lowest BCUT2D eigenvalue weighted by Crippen LogP contribution is -2.23. The number of benzene rings is 1. The summed E-state index contributed by atoms with van der Waals surface area (Å²) in [6.45, 7) is 0.0205. The average molecular weight is 299 g/mol. The molecule has 0 aliphatic heterocycles. The molecule has 0 radical (unpaired) electrons. The molecule has 0 spiro atoms. The lowest BCUT2D eigenvalue weighted by atomic mass is 10.2. The molecule has 0 amide bonds. The maximum atomic E-state index is 13.8. The molecule has 0 bridgehead atoms. The van der Waals surface area contributed by atoms with Crippen molar-refractivity contribution in [3.05, 3.63) is 53.5 Å². The Hall–Kier alpha value is -3.14. The minimum atomic E-state index is -0.416. The first-order chi connectivity index (χ1) is 10.6. The highest BCUT2D eigenvalue weighted by molar-refractivity contribution is 5.91. The van der Waals surface area contributed by atoms with Gasteiger partial charge in [-0.1, -0.05) is 12.1 Å². The number of halogens is 1. The van der Waals surface area contributed by atoms with E-state index in [2.05, 4.69) is 15.3 Å². The summed E-state index contributed by atoms with van der Waals surface area (Å²) in [4.78, 5) is 8.06. The zero-order valence-electron chi connectivity index (χ0n) is 11.9. The summed E-state index contributed by atoms with van der Waals surface area (Å²) in [7, 11) is 1.46. The van der Waals surface area contributed by atoms with Crippen LogP contribution in [-0.4, -0.2) is 18.1 Å². The Morgan fingerprint density at radius 3 is 2.91 bits per heavy atom. The number of guanidine groups is 1. The van der Waals surface area contributed by atoms with Crippen molar-refractivity contribution in [1.29, 1.82) is 5.26 Å². The van der Waals surface area contributed by atoms with Crippen molar-refractivity contribution in [2.75, 3.05) is 12.4 Å². The van der Waals surface area contributed by atoms with Crippen molar-refractivity contribution in [2.24, 2.45) is 10.7 Å². The van der Waals surface area contributed by atoms with Crippen LogP contribution in [0, 0.1) is 17.1 Å². The van der Waals surface area contributed by atoms with Crippen LogP contribution in [0.3, 0.4) is 0 Å². The fourth-order valence-corrected chi connectivity index (χ4v) is 1.79. The number of hydrogen-bond acceptors (Lipinski definition) is 4. The average Bonchev–Trinajstić information content (AvgIpc) is 2.53. The topological polar surface area (TPSA) is 96.3 Å². The summed E-state index contributed by atoms with van der Waals surface area (Å²) in [5.74, 6) is 0.440. The molecule has 0 fully saturated rings. The molecular weight excluding hydrogens is 285 g/mol. The molecule has 0 saturated carbocycles. The number of aromatic nitrogens is 1. The Balaban J connectivity index is 2.12. The zero-order chi connectivity index (χ0) is 15.9. The molecule has 0 atom stereocenters. The molecule has 2 rings (SSSR count). The molecule has 1 heterocycles. The summed E-state index contributed by atoms with van der Waals surface area (Å²) < 4.78 is 18.8. The minimum Gasteiger partial charge on any atom is -0.496 e. The molecule has 0 unspecified atom stereocenters. The van der Waals surface area contributed by atoms with Gasteiger partial charge in [0.25, 0.3) is 0 Å². The Morgan fingerprint density at radius 2 is 2.18 bits per heavy atom. The smallest absolute Gasteiger partial charge is 0.194 e. The summed E-state index contributed by atoms with van der Waals surface area (Å²) >= 11 is 0. The van der Waals surface area contributed by atoms with Crippen molar-refractivity contribution in [1.82, 2.24) is 4.98 Å². The van der Waals surface area contributed by atoms with E-state index in [9.17, 15) is 4.39 Å². The molecule has 3 N–H and O–H groups in total. The number of nitriles is 1. The van der Waals surface area contributed by atoms with Crippen LogP contribution in [0.25, 0.3) is 0 Å². The molecule has 7 heteroatoms. The third-order valence-corrected chi connectivity index (χ3v) is 2.82. The third kappa shape index (κ3) is 3.70. The second kappa shape index (κ2) is 7.04. The van der Waals surface area contributed by atoms with E-state index in [1.165, 1.54) is 13.2 Å². The number of ether oxygens (including phenoxy) is 1. The van der Waals surface area contributed by atoms with E-state index >= 15 is 0 Å².